The third-order valence-electron chi connectivity index (χ3n) is 5.46. The van der Waals surface area contributed by atoms with Crippen LogP contribution in [-0.2, 0) is 6.54 Å². The summed E-state index contributed by atoms with van der Waals surface area (Å²) < 4.78 is 0.827. The van der Waals surface area contributed by atoms with Gasteiger partial charge in [0.1, 0.15) is 11.9 Å². The van der Waals surface area contributed by atoms with E-state index in [0.29, 0.717) is 28.6 Å². The Hall–Kier alpha value is -3.24. The van der Waals surface area contributed by atoms with E-state index in [0.717, 1.165) is 27.3 Å². The second-order valence-electron chi connectivity index (χ2n) is 7.61. The molecule has 1 aliphatic carbocycles. The van der Waals surface area contributed by atoms with Gasteiger partial charge in [-0.25, -0.2) is 4.98 Å². The van der Waals surface area contributed by atoms with Crippen molar-refractivity contribution >= 4 is 45.2 Å². The first-order valence-electron chi connectivity index (χ1n) is 9.89. The summed E-state index contributed by atoms with van der Waals surface area (Å²) in [5.41, 5.74) is 8.31. The van der Waals surface area contributed by atoms with Crippen molar-refractivity contribution in [2.24, 2.45) is 5.92 Å². The second kappa shape index (κ2) is 8.86. The van der Waals surface area contributed by atoms with Gasteiger partial charge in [0.2, 0.25) is 0 Å². The van der Waals surface area contributed by atoms with Crippen LogP contribution in [0.4, 0.5) is 5.82 Å². The standard InChI is InChI=1S/C23H19IN6O/c24-19-10-17-9-16(4-6-20(17)29-22(19)27)23(31)30(21(7-8-25)15-2-3-15)13-18-5-1-14(11-26)12-28-18/h1,4-6,9-10,12,15,21H,2-3,7,13H2,(H2,27,29). The van der Waals surface area contributed by atoms with E-state index in [1.54, 1.807) is 29.2 Å². The molecule has 1 amide bonds. The molecule has 4 rings (SSSR count). The van der Waals surface area contributed by atoms with Crippen molar-refractivity contribution in [2.75, 3.05) is 5.73 Å². The van der Waals surface area contributed by atoms with Crippen LogP contribution in [0, 0.1) is 32.2 Å². The highest BCUT2D eigenvalue weighted by atomic mass is 127. The lowest BCUT2D eigenvalue weighted by Gasteiger charge is -2.30. The average Bonchev–Trinajstić information content (AvgIpc) is 3.62. The molecular weight excluding hydrogens is 503 g/mol. The van der Waals surface area contributed by atoms with E-state index in [1.165, 1.54) is 6.20 Å². The van der Waals surface area contributed by atoms with E-state index in [2.05, 4.69) is 44.7 Å². The Morgan fingerprint density at radius 3 is 2.71 bits per heavy atom. The second-order valence-corrected chi connectivity index (χ2v) is 8.78. The minimum Gasteiger partial charge on any atom is -0.383 e. The van der Waals surface area contributed by atoms with Crippen molar-refractivity contribution < 1.29 is 4.79 Å². The summed E-state index contributed by atoms with van der Waals surface area (Å²) in [7, 11) is 0. The number of rotatable bonds is 6. The molecular formula is C23H19IN6O. The monoisotopic (exact) mass is 522 g/mol. The molecule has 154 valence electrons. The topological polar surface area (TPSA) is 120 Å². The Labute approximate surface area is 193 Å². The van der Waals surface area contributed by atoms with Crippen LogP contribution in [0.25, 0.3) is 10.9 Å². The van der Waals surface area contributed by atoms with E-state index in [1.807, 2.05) is 12.1 Å². The Kier molecular flexibility index (Phi) is 6.01. The number of benzene rings is 1. The number of hydrogen-bond donors (Lipinski definition) is 1. The number of nitrogens with zero attached hydrogens (tertiary/aromatic N) is 5. The van der Waals surface area contributed by atoms with Crippen LogP contribution >= 0.6 is 22.6 Å². The number of nitrogens with two attached hydrogens (primary N) is 1. The Morgan fingerprint density at radius 1 is 1.26 bits per heavy atom. The summed E-state index contributed by atoms with van der Waals surface area (Å²) in [6, 6.07) is 14.8. The molecule has 31 heavy (non-hydrogen) atoms. The number of carbonyl (C=O) groups excluding carboxylic acids is 1. The highest BCUT2D eigenvalue weighted by Gasteiger charge is 2.37. The molecule has 0 spiro atoms. The molecule has 2 N–H and O–H groups in total. The first-order valence-corrected chi connectivity index (χ1v) is 11.0. The van der Waals surface area contributed by atoms with Gasteiger partial charge >= 0.3 is 0 Å². The van der Waals surface area contributed by atoms with E-state index in [4.69, 9.17) is 11.0 Å². The number of nitriles is 2. The van der Waals surface area contributed by atoms with Crippen molar-refractivity contribution in [3.05, 3.63) is 63.0 Å². The SMILES string of the molecule is N#CCC(C1CC1)N(Cc1ccc(C#N)cn1)C(=O)c1ccc2nc(N)c(I)cc2c1. The molecule has 3 aromatic rings. The molecule has 0 radical (unpaired) electrons. The van der Waals surface area contributed by atoms with Gasteiger partial charge in [-0.3, -0.25) is 9.78 Å². The maximum Gasteiger partial charge on any atom is 0.254 e. The fourth-order valence-electron chi connectivity index (χ4n) is 3.67. The highest BCUT2D eigenvalue weighted by molar-refractivity contribution is 14.1. The lowest BCUT2D eigenvalue weighted by Crippen LogP contribution is -2.41. The lowest BCUT2D eigenvalue weighted by atomic mass is 10.0. The molecule has 1 fully saturated rings. The van der Waals surface area contributed by atoms with Gasteiger partial charge in [0, 0.05) is 23.2 Å². The maximum atomic E-state index is 13.6. The minimum absolute atomic E-state index is 0.146. The first-order chi connectivity index (χ1) is 15.0. The van der Waals surface area contributed by atoms with Crippen LogP contribution in [0.15, 0.2) is 42.6 Å². The predicted molar refractivity (Wildman–Crippen MR) is 124 cm³/mol. The van der Waals surface area contributed by atoms with Crippen LogP contribution in [0.5, 0.6) is 0 Å². The summed E-state index contributed by atoms with van der Waals surface area (Å²) in [5, 5.41) is 19.2. The van der Waals surface area contributed by atoms with E-state index in [-0.39, 0.29) is 24.9 Å². The minimum atomic E-state index is -0.171. The molecule has 2 aromatic heterocycles. The number of aromatic nitrogens is 2. The maximum absolute atomic E-state index is 13.6. The van der Waals surface area contributed by atoms with Crippen molar-refractivity contribution in [3.8, 4) is 12.1 Å². The number of hydrogen-bond acceptors (Lipinski definition) is 6. The van der Waals surface area contributed by atoms with Crippen LogP contribution in [-0.4, -0.2) is 26.8 Å². The molecule has 1 aromatic carbocycles. The van der Waals surface area contributed by atoms with Gasteiger partial charge < -0.3 is 10.6 Å². The van der Waals surface area contributed by atoms with Crippen LogP contribution < -0.4 is 5.73 Å². The first kappa shape index (κ1) is 21.0. The molecule has 0 aliphatic heterocycles. The smallest absolute Gasteiger partial charge is 0.254 e. The lowest BCUT2D eigenvalue weighted by molar-refractivity contribution is 0.0636. The summed E-state index contributed by atoms with van der Waals surface area (Å²) in [6.07, 6.45) is 3.80. The van der Waals surface area contributed by atoms with Gasteiger partial charge in [0.05, 0.1) is 39.4 Å². The van der Waals surface area contributed by atoms with E-state index < -0.39 is 0 Å². The average molecular weight is 522 g/mol. The third-order valence-corrected chi connectivity index (χ3v) is 6.32. The van der Waals surface area contributed by atoms with Gasteiger partial charge in [-0.2, -0.15) is 10.5 Å². The quantitative estimate of drug-likeness (QED) is 0.489. The van der Waals surface area contributed by atoms with E-state index >= 15 is 0 Å². The summed E-state index contributed by atoms with van der Waals surface area (Å²) in [6.45, 7) is 0.281. The molecule has 7 nitrogen and oxygen atoms in total. The van der Waals surface area contributed by atoms with Gasteiger partial charge in [0.25, 0.3) is 5.91 Å². The molecule has 8 heteroatoms. The van der Waals surface area contributed by atoms with E-state index in [9.17, 15) is 10.1 Å². The Morgan fingerprint density at radius 2 is 2.06 bits per heavy atom. The van der Waals surface area contributed by atoms with Gasteiger partial charge in [-0.05, 0) is 77.7 Å². The third kappa shape index (κ3) is 4.59. The fourth-order valence-corrected chi connectivity index (χ4v) is 4.12. The zero-order chi connectivity index (χ0) is 22.0. The number of nitrogen functional groups attached to an aromatic ring is 1. The van der Waals surface area contributed by atoms with Crippen LogP contribution in [0.3, 0.4) is 0 Å². The zero-order valence-corrected chi connectivity index (χ0v) is 18.8. The summed E-state index contributed by atoms with van der Waals surface area (Å²) >= 11 is 2.12. The predicted octanol–water partition coefficient (Wildman–Crippen LogP) is 4.02. The number of anilines is 1. The largest absolute Gasteiger partial charge is 0.383 e. The van der Waals surface area contributed by atoms with Gasteiger partial charge in [-0.15, -0.1) is 0 Å². The van der Waals surface area contributed by atoms with Crippen molar-refractivity contribution in [2.45, 2.75) is 31.8 Å². The summed E-state index contributed by atoms with van der Waals surface area (Å²) in [5.74, 6) is 0.639. The molecule has 1 unspecified atom stereocenters. The molecule has 1 saturated carbocycles. The number of halogens is 1. The van der Waals surface area contributed by atoms with Crippen LogP contribution in [0.2, 0.25) is 0 Å². The molecule has 1 aliphatic rings. The molecule has 1 atom stereocenters. The number of fused-ring (bicyclic) bond motifs is 1. The van der Waals surface area contributed by atoms with Gasteiger partial charge in [-0.1, -0.05) is 0 Å². The Bertz CT molecular complexity index is 1220. The number of carbonyl (C=O) groups is 1. The zero-order valence-electron chi connectivity index (χ0n) is 16.6. The van der Waals surface area contributed by atoms with Crippen LogP contribution in [0.1, 0.15) is 40.9 Å². The molecule has 2 heterocycles. The normalized spacial score (nSPS) is 13.9. The van der Waals surface area contributed by atoms with Crippen molar-refractivity contribution in [1.82, 2.24) is 14.9 Å². The summed E-state index contributed by atoms with van der Waals surface area (Å²) in [4.78, 5) is 24.1. The van der Waals surface area contributed by atoms with Gasteiger partial charge in [0.15, 0.2) is 0 Å². The highest BCUT2D eigenvalue weighted by Crippen LogP contribution is 2.38. The van der Waals surface area contributed by atoms with Crippen molar-refractivity contribution in [3.63, 3.8) is 0 Å². The van der Waals surface area contributed by atoms with Crippen molar-refractivity contribution in [1.29, 1.82) is 10.5 Å². The number of pyridine rings is 2. The number of amides is 1. The Balaban J connectivity index is 1.70. The molecule has 0 saturated heterocycles. The molecule has 0 bridgehead atoms. The fraction of sp³-hybridized carbons (Fsp3) is 0.261.